The van der Waals surface area contributed by atoms with E-state index in [0.717, 1.165) is 0 Å². The van der Waals surface area contributed by atoms with E-state index in [1.165, 1.54) is 18.3 Å². The number of nitrogens with zero attached hydrogens (tertiary/aromatic N) is 1. The van der Waals surface area contributed by atoms with Crippen LogP contribution in [0.5, 0.6) is 0 Å². The number of sulfonamides is 1. The number of aromatic nitrogens is 1. The summed E-state index contributed by atoms with van der Waals surface area (Å²) in [7, 11) is -3.47. The Bertz CT molecular complexity index is 522. The van der Waals surface area contributed by atoms with Crippen molar-refractivity contribution in [3.63, 3.8) is 0 Å². The molecule has 1 aliphatic carbocycles. The van der Waals surface area contributed by atoms with Gasteiger partial charge in [-0.05, 0) is 25.0 Å². The van der Waals surface area contributed by atoms with Crippen LogP contribution in [-0.2, 0) is 10.0 Å². The van der Waals surface area contributed by atoms with Gasteiger partial charge in [0.25, 0.3) is 0 Å². The first-order valence-corrected chi connectivity index (χ1v) is 6.25. The summed E-state index contributed by atoms with van der Waals surface area (Å²) < 4.78 is 25.4. The molecule has 86 valence electrons. The van der Waals surface area contributed by atoms with E-state index in [1.54, 1.807) is 0 Å². The van der Waals surface area contributed by atoms with E-state index in [9.17, 15) is 13.2 Å². The zero-order chi connectivity index (χ0) is 11.8. The van der Waals surface area contributed by atoms with Crippen LogP contribution in [0.25, 0.3) is 0 Å². The second kappa shape index (κ2) is 3.75. The number of anilines is 1. The molecule has 0 aromatic carbocycles. The number of aromatic carboxylic acids is 1. The van der Waals surface area contributed by atoms with Gasteiger partial charge in [0.1, 0.15) is 5.56 Å². The Morgan fingerprint density at radius 1 is 1.50 bits per heavy atom. The quantitative estimate of drug-likeness (QED) is 0.809. The topological polar surface area (TPSA) is 96.4 Å². The Morgan fingerprint density at radius 2 is 2.19 bits per heavy atom. The third kappa shape index (κ3) is 2.13. The highest BCUT2D eigenvalue weighted by Crippen LogP contribution is 2.29. The van der Waals surface area contributed by atoms with Crippen LogP contribution < -0.4 is 4.72 Å². The van der Waals surface area contributed by atoms with Crippen LogP contribution >= 0.6 is 0 Å². The molecule has 0 aliphatic heterocycles. The molecule has 1 saturated carbocycles. The summed E-state index contributed by atoms with van der Waals surface area (Å²) >= 11 is 0. The highest BCUT2D eigenvalue weighted by Gasteiger charge is 2.36. The minimum Gasteiger partial charge on any atom is -0.478 e. The Labute approximate surface area is 92.4 Å². The molecule has 1 aliphatic rings. The van der Waals surface area contributed by atoms with Crippen molar-refractivity contribution in [2.75, 3.05) is 4.72 Å². The number of nitrogens with one attached hydrogen (secondary N) is 1. The van der Waals surface area contributed by atoms with Crippen molar-refractivity contribution in [3.05, 3.63) is 23.9 Å². The molecular formula is C9H10N2O4S. The molecule has 0 spiro atoms. The fraction of sp³-hybridized carbons (Fsp3) is 0.333. The Hall–Kier alpha value is -1.63. The Morgan fingerprint density at radius 3 is 2.75 bits per heavy atom. The van der Waals surface area contributed by atoms with Gasteiger partial charge < -0.3 is 5.11 Å². The summed E-state index contributed by atoms with van der Waals surface area (Å²) in [6, 6.07) is 2.75. The zero-order valence-corrected chi connectivity index (χ0v) is 9.07. The Balaban J connectivity index is 2.30. The molecule has 2 rings (SSSR count). The van der Waals surface area contributed by atoms with E-state index in [0.29, 0.717) is 12.8 Å². The Kier molecular flexibility index (Phi) is 2.55. The number of rotatable bonds is 4. The molecule has 0 bridgehead atoms. The molecular weight excluding hydrogens is 232 g/mol. The van der Waals surface area contributed by atoms with Crippen molar-refractivity contribution >= 4 is 21.8 Å². The summed E-state index contributed by atoms with van der Waals surface area (Å²) in [6.07, 6.45) is 2.58. The molecule has 1 fully saturated rings. The van der Waals surface area contributed by atoms with Crippen molar-refractivity contribution in [2.24, 2.45) is 0 Å². The number of hydrogen-bond donors (Lipinski definition) is 2. The largest absolute Gasteiger partial charge is 0.478 e. The van der Waals surface area contributed by atoms with Gasteiger partial charge in [-0.3, -0.25) is 4.72 Å². The summed E-state index contributed by atoms with van der Waals surface area (Å²) in [5, 5.41) is 8.44. The molecule has 2 N–H and O–H groups in total. The summed E-state index contributed by atoms with van der Waals surface area (Å²) in [4.78, 5) is 14.5. The van der Waals surface area contributed by atoms with Gasteiger partial charge in [0.05, 0.1) is 5.25 Å². The highest BCUT2D eigenvalue weighted by molar-refractivity contribution is 7.93. The van der Waals surface area contributed by atoms with Crippen molar-refractivity contribution in [1.29, 1.82) is 0 Å². The normalized spacial score (nSPS) is 15.8. The first-order valence-electron chi connectivity index (χ1n) is 4.70. The average Bonchev–Trinajstić information content (AvgIpc) is 3.00. The smallest absolute Gasteiger partial charge is 0.339 e. The molecule has 0 saturated heterocycles. The summed E-state index contributed by atoms with van der Waals surface area (Å²) in [5.41, 5.74) is -0.147. The van der Waals surface area contributed by atoms with Crippen LogP contribution in [0, 0.1) is 0 Å². The van der Waals surface area contributed by atoms with Gasteiger partial charge in [-0.2, -0.15) is 0 Å². The monoisotopic (exact) mass is 242 g/mol. The molecule has 0 unspecified atom stereocenters. The molecule has 7 heteroatoms. The lowest BCUT2D eigenvalue weighted by Crippen LogP contribution is -2.20. The van der Waals surface area contributed by atoms with Crippen LogP contribution in [-0.4, -0.2) is 29.7 Å². The lowest BCUT2D eigenvalue weighted by Gasteiger charge is -2.07. The third-order valence-electron chi connectivity index (χ3n) is 2.24. The van der Waals surface area contributed by atoms with E-state index in [2.05, 4.69) is 9.71 Å². The summed E-state index contributed by atoms with van der Waals surface area (Å²) in [5.74, 6) is -1.33. The van der Waals surface area contributed by atoms with E-state index in [1.807, 2.05) is 0 Å². The first kappa shape index (κ1) is 10.9. The SMILES string of the molecule is O=C(O)c1cccnc1NS(=O)(=O)C1CC1. The maximum Gasteiger partial charge on any atom is 0.339 e. The maximum atomic E-state index is 11.6. The van der Waals surface area contributed by atoms with Crippen LogP contribution in [0.1, 0.15) is 23.2 Å². The molecule has 6 nitrogen and oxygen atoms in total. The third-order valence-corrected chi connectivity index (χ3v) is 4.07. The van der Waals surface area contributed by atoms with Gasteiger partial charge in [-0.25, -0.2) is 18.2 Å². The summed E-state index contributed by atoms with van der Waals surface area (Å²) in [6.45, 7) is 0. The van der Waals surface area contributed by atoms with Gasteiger partial charge in [-0.15, -0.1) is 0 Å². The van der Waals surface area contributed by atoms with E-state index >= 15 is 0 Å². The molecule has 16 heavy (non-hydrogen) atoms. The fourth-order valence-electron chi connectivity index (χ4n) is 1.26. The van der Waals surface area contributed by atoms with Crippen LogP contribution in [0.15, 0.2) is 18.3 Å². The van der Waals surface area contributed by atoms with Gasteiger partial charge in [0, 0.05) is 6.20 Å². The highest BCUT2D eigenvalue weighted by atomic mass is 32.2. The predicted molar refractivity (Wildman–Crippen MR) is 56.8 cm³/mol. The fourth-order valence-corrected chi connectivity index (χ4v) is 2.61. The minimum atomic E-state index is -3.47. The second-order valence-corrected chi connectivity index (χ2v) is 5.51. The van der Waals surface area contributed by atoms with E-state index < -0.39 is 21.2 Å². The number of hydrogen-bond acceptors (Lipinski definition) is 4. The van der Waals surface area contributed by atoms with Gasteiger partial charge in [0.2, 0.25) is 10.0 Å². The van der Waals surface area contributed by atoms with Gasteiger partial charge >= 0.3 is 5.97 Å². The molecule has 0 radical (unpaired) electrons. The van der Waals surface area contributed by atoms with E-state index in [4.69, 9.17) is 5.11 Å². The number of carboxylic acid groups (broad SMARTS) is 1. The molecule has 1 aromatic heterocycles. The van der Waals surface area contributed by atoms with Gasteiger partial charge in [0.15, 0.2) is 5.82 Å². The van der Waals surface area contributed by atoms with Gasteiger partial charge in [-0.1, -0.05) is 0 Å². The van der Waals surface area contributed by atoms with Crippen molar-refractivity contribution in [2.45, 2.75) is 18.1 Å². The van der Waals surface area contributed by atoms with E-state index in [-0.39, 0.29) is 11.4 Å². The lowest BCUT2D eigenvalue weighted by molar-refractivity contribution is 0.0697. The second-order valence-electron chi connectivity index (χ2n) is 3.55. The first-order chi connectivity index (χ1) is 7.50. The average molecular weight is 242 g/mol. The molecule has 0 atom stereocenters. The van der Waals surface area contributed by atoms with Crippen molar-refractivity contribution in [1.82, 2.24) is 4.98 Å². The zero-order valence-electron chi connectivity index (χ0n) is 8.25. The lowest BCUT2D eigenvalue weighted by atomic mass is 10.3. The molecule has 0 amide bonds. The number of pyridine rings is 1. The number of carboxylic acids is 1. The number of carbonyl (C=O) groups is 1. The maximum absolute atomic E-state index is 11.6. The standard InChI is InChI=1S/C9H10N2O4S/c12-9(13)7-2-1-5-10-8(7)11-16(14,15)6-3-4-6/h1-2,5-6H,3-4H2,(H,10,11)(H,12,13). The van der Waals surface area contributed by atoms with Crippen LogP contribution in [0.2, 0.25) is 0 Å². The van der Waals surface area contributed by atoms with Crippen molar-refractivity contribution < 1.29 is 18.3 Å². The van der Waals surface area contributed by atoms with Crippen LogP contribution in [0.4, 0.5) is 5.82 Å². The molecule has 1 aromatic rings. The molecule has 1 heterocycles. The minimum absolute atomic E-state index is 0.123. The van der Waals surface area contributed by atoms with Crippen molar-refractivity contribution in [3.8, 4) is 0 Å². The van der Waals surface area contributed by atoms with Crippen LogP contribution in [0.3, 0.4) is 0 Å². The predicted octanol–water partition coefficient (Wildman–Crippen LogP) is 0.684.